The number of carbonyl (C=O) groups excluding carboxylic acids is 2. The molecular formula is C26H32N4O4. The minimum atomic E-state index is -0.428. The molecule has 1 heterocycles. The summed E-state index contributed by atoms with van der Waals surface area (Å²) in [7, 11) is 0. The number of nitrogens with zero attached hydrogens (tertiary/aromatic N) is 3. The number of ether oxygens (including phenoxy) is 1. The monoisotopic (exact) mass is 464 g/mol. The molecule has 3 rings (SSSR count). The predicted octanol–water partition coefficient (Wildman–Crippen LogP) is 4.99. The number of rotatable bonds is 9. The third kappa shape index (κ3) is 5.44. The van der Waals surface area contributed by atoms with Gasteiger partial charge in [0.05, 0.1) is 29.1 Å². The van der Waals surface area contributed by atoms with Gasteiger partial charge >= 0.3 is 12.0 Å². The molecule has 34 heavy (non-hydrogen) atoms. The summed E-state index contributed by atoms with van der Waals surface area (Å²) in [5.41, 5.74) is 1.50. The summed E-state index contributed by atoms with van der Waals surface area (Å²) in [6.45, 7) is 8.95. The van der Waals surface area contributed by atoms with Gasteiger partial charge in [-0.25, -0.2) is 14.6 Å². The fourth-order valence-electron chi connectivity index (χ4n) is 3.89. The zero-order valence-electron chi connectivity index (χ0n) is 20.2. The molecule has 0 fully saturated rings. The highest BCUT2D eigenvalue weighted by Gasteiger charge is 2.26. The molecule has 1 N–H and O–H groups in total. The number of carbonyl (C=O) groups is 2. The van der Waals surface area contributed by atoms with Crippen LogP contribution in [0, 0.1) is 0 Å². The van der Waals surface area contributed by atoms with E-state index < -0.39 is 12.0 Å². The zero-order chi connectivity index (χ0) is 24.7. The summed E-state index contributed by atoms with van der Waals surface area (Å²) in [4.78, 5) is 44.8. The molecule has 1 atom stereocenters. The van der Waals surface area contributed by atoms with Crippen molar-refractivity contribution in [3.63, 3.8) is 0 Å². The number of fused-ring (bicyclic) bond motifs is 1. The van der Waals surface area contributed by atoms with Gasteiger partial charge in [-0.05, 0) is 63.1 Å². The third-order valence-electron chi connectivity index (χ3n) is 5.55. The maximum atomic E-state index is 13.3. The van der Waals surface area contributed by atoms with Crippen LogP contribution in [0.4, 0.5) is 10.5 Å². The lowest BCUT2D eigenvalue weighted by atomic mass is 10.2. The van der Waals surface area contributed by atoms with Gasteiger partial charge in [0.15, 0.2) is 0 Å². The number of aromatic nitrogens is 2. The van der Waals surface area contributed by atoms with Gasteiger partial charge < -0.3 is 15.0 Å². The first-order valence-electron chi connectivity index (χ1n) is 11.7. The SMILES string of the molecule is CCCN(C(=O)Nc1ccc(C(=O)OCC)cc1)C(C)c1nc2ccccc2c(=O)n1CCC. The lowest BCUT2D eigenvalue weighted by molar-refractivity contribution is 0.0526. The fraction of sp³-hybridized carbons (Fsp3) is 0.385. The quantitative estimate of drug-likeness (QED) is 0.450. The minimum Gasteiger partial charge on any atom is -0.462 e. The number of esters is 1. The van der Waals surface area contributed by atoms with Gasteiger partial charge in [0.25, 0.3) is 5.56 Å². The van der Waals surface area contributed by atoms with Crippen molar-refractivity contribution >= 4 is 28.6 Å². The van der Waals surface area contributed by atoms with Crippen LogP contribution in [-0.2, 0) is 11.3 Å². The maximum absolute atomic E-state index is 13.3. The molecule has 1 unspecified atom stereocenters. The molecule has 8 heteroatoms. The second kappa shape index (κ2) is 11.4. The molecule has 0 saturated carbocycles. The van der Waals surface area contributed by atoms with Gasteiger partial charge in [-0.3, -0.25) is 9.36 Å². The van der Waals surface area contributed by atoms with Crippen molar-refractivity contribution in [2.45, 2.75) is 53.1 Å². The Morgan fingerprint density at radius 3 is 2.41 bits per heavy atom. The van der Waals surface area contributed by atoms with Crippen molar-refractivity contribution in [2.75, 3.05) is 18.5 Å². The number of nitrogens with one attached hydrogen (secondary N) is 1. The average molecular weight is 465 g/mol. The normalized spacial score (nSPS) is 11.8. The molecule has 0 aliphatic rings. The Morgan fingerprint density at radius 2 is 1.76 bits per heavy atom. The molecule has 2 aromatic carbocycles. The summed E-state index contributed by atoms with van der Waals surface area (Å²) in [5.74, 6) is 0.157. The highest BCUT2D eigenvalue weighted by atomic mass is 16.5. The summed E-state index contributed by atoms with van der Waals surface area (Å²) in [6, 6.07) is 13.1. The molecule has 0 aliphatic carbocycles. The first-order chi connectivity index (χ1) is 16.4. The number of hydrogen-bond acceptors (Lipinski definition) is 5. The second-order valence-corrected chi connectivity index (χ2v) is 8.04. The number of anilines is 1. The van der Waals surface area contributed by atoms with Crippen molar-refractivity contribution in [1.29, 1.82) is 0 Å². The number of benzene rings is 2. The number of urea groups is 1. The number of amides is 2. The number of hydrogen-bond donors (Lipinski definition) is 1. The van der Waals surface area contributed by atoms with Crippen molar-refractivity contribution in [2.24, 2.45) is 0 Å². The highest BCUT2D eigenvalue weighted by molar-refractivity contribution is 5.92. The summed E-state index contributed by atoms with van der Waals surface area (Å²) in [6.07, 6.45) is 1.51. The van der Waals surface area contributed by atoms with Crippen LogP contribution in [0.1, 0.15) is 62.8 Å². The van der Waals surface area contributed by atoms with Crippen LogP contribution in [0.3, 0.4) is 0 Å². The summed E-state index contributed by atoms with van der Waals surface area (Å²) < 4.78 is 6.68. The van der Waals surface area contributed by atoms with Crippen LogP contribution < -0.4 is 10.9 Å². The van der Waals surface area contributed by atoms with E-state index >= 15 is 0 Å². The summed E-state index contributed by atoms with van der Waals surface area (Å²) in [5, 5.41) is 3.47. The molecule has 0 radical (unpaired) electrons. The van der Waals surface area contributed by atoms with Crippen LogP contribution in [0.15, 0.2) is 53.3 Å². The zero-order valence-corrected chi connectivity index (χ0v) is 20.2. The topological polar surface area (TPSA) is 93.5 Å². The highest BCUT2D eigenvalue weighted by Crippen LogP contribution is 2.22. The van der Waals surface area contributed by atoms with E-state index in [1.54, 1.807) is 46.7 Å². The van der Waals surface area contributed by atoms with E-state index in [4.69, 9.17) is 9.72 Å². The van der Waals surface area contributed by atoms with Crippen LogP contribution in [0.25, 0.3) is 10.9 Å². The van der Waals surface area contributed by atoms with E-state index in [-0.39, 0.29) is 11.6 Å². The largest absolute Gasteiger partial charge is 0.462 e. The van der Waals surface area contributed by atoms with Crippen LogP contribution in [0.5, 0.6) is 0 Å². The molecule has 1 aromatic heterocycles. The fourth-order valence-corrected chi connectivity index (χ4v) is 3.89. The average Bonchev–Trinajstić information content (AvgIpc) is 2.84. The van der Waals surface area contributed by atoms with Gasteiger partial charge in [0.1, 0.15) is 5.82 Å². The van der Waals surface area contributed by atoms with Crippen molar-refractivity contribution in [1.82, 2.24) is 14.5 Å². The molecule has 0 saturated heterocycles. The lowest BCUT2D eigenvalue weighted by Gasteiger charge is -2.30. The Kier molecular flexibility index (Phi) is 8.40. The van der Waals surface area contributed by atoms with Crippen LogP contribution >= 0.6 is 0 Å². The van der Waals surface area contributed by atoms with Crippen molar-refractivity contribution < 1.29 is 14.3 Å². The Morgan fingerprint density at radius 1 is 1.06 bits per heavy atom. The lowest BCUT2D eigenvalue weighted by Crippen LogP contribution is -2.40. The van der Waals surface area contributed by atoms with E-state index in [1.807, 2.05) is 39.0 Å². The van der Waals surface area contributed by atoms with Crippen molar-refractivity contribution in [3.05, 3.63) is 70.3 Å². The van der Waals surface area contributed by atoms with Gasteiger partial charge in [-0.15, -0.1) is 0 Å². The van der Waals surface area contributed by atoms with Gasteiger partial charge in [0, 0.05) is 18.8 Å². The second-order valence-electron chi connectivity index (χ2n) is 8.04. The molecule has 0 aliphatic heterocycles. The molecule has 0 bridgehead atoms. The Labute approximate surface area is 199 Å². The van der Waals surface area contributed by atoms with E-state index in [2.05, 4.69) is 5.32 Å². The predicted molar refractivity (Wildman–Crippen MR) is 133 cm³/mol. The molecule has 0 spiro atoms. The first-order valence-corrected chi connectivity index (χ1v) is 11.7. The van der Waals surface area contributed by atoms with E-state index in [9.17, 15) is 14.4 Å². The maximum Gasteiger partial charge on any atom is 0.338 e. The number of para-hydroxylation sites is 1. The molecule has 3 aromatic rings. The molecule has 8 nitrogen and oxygen atoms in total. The standard InChI is InChI=1S/C26H32N4O4/c1-5-16-29(26(33)27-20-14-12-19(13-15-20)25(32)34-7-3)18(4)23-28-22-11-9-8-10-21(22)24(31)30(23)17-6-2/h8-15,18H,5-7,16-17H2,1-4H3,(H,27,33). The van der Waals surface area contributed by atoms with E-state index in [0.717, 1.165) is 12.8 Å². The van der Waals surface area contributed by atoms with Gasteiger partial charge in [-0.2, -0.15) is 0 Å². The van der Waals surface area contributed by atoms with Crippen molar-refractivity contribution in [3.8, 4) is 0 Å². The smallest absolute Gasteiger partial charge is 0.338 e. The van der Waals surface area contributed by atoms with Gasteiger partial charge in [-0.1, -0.05) is 26.0 Å². The molecular weight excluding hydrogens is 432 g/mol. The van der Waals surface area contributed by atoms with Crippen LogP contribution in [-0.4, -0.2) is 39.6 Å². The molecule has 2 amide bonds. The third-order valence-corrected chi connectivity index (χ3v) is 5.55. The van der Waals surface area contributed by atoms with Gasteiger partial charge in [0.2, 0.25) is 0 Å². The minimum absolute atomic E-state index is 0.0966. The Balaban J connectivity index is 1.90. The van der Waals surface area contributed by atoms with E-state index in [1.165, 1.54) is 0 Å². The Bertz CT molecular complexity index is 1200. The molecule has 180 valence electrons. The van der Waals surface area contributed by atoms with E-state index in [0.29, 0.717) is 47.7 Å². The first kappa shape index (κ1) is 25.0. The summed E-state index contributed by atoms with van der Waals surface area (Å²) >= 11 is 0. The van der Waals surface area contributed by atoms with Crippen LogP contribution in [0.2, 0.25) is 0 Å². The Hall–Kier alpha value is -3.68.